The zero-order valence-electron chi connectivity index (χ0n) is 11.8. The van der Waals surface area contributed by atoms with E-state index in [4.69, 9.17) is 5.73 Å². The number of rotatable bonds is 3. The third kappa shape index (κ3) is 3.31. The lowest BCUT2D eigenvalue weighted by Gasteiger charge is -2.34. The van der Waals surface area contributed by atoms with Gasteiger partial charge in [-0.05, 0) is 24.8 Å². The molecule has 3 nitrogen and oxygen atoms in total. The highest BCUT2D eigenvalue weighted by Gasteiger charge is 2.23. The van der Waals surface area contributed by atoms with Crippen LogP contribution in [0.25, 0.3) is 0 Å². The molecule has 1 aliphatic rings. The van der Waals surface area contributed by atoms with Crippen molar-refractivity contribution >= 4 is 11.3 Å². The Balaban J connectivity index is 2.02. The van der Waals surface area contributed by atoms with Crippen molar-refractivity contribution in [1.29, 1.82) is 0 Å². The maximum Gasteiger partial charge on any atom is 0.107 e. The topological polar surface area (TPSA) is 42.2 Å². The molecular formula is C14H25N3S. The molecule has 1 saturated heterocycles. The molecule has 2 rings (SSSR count). The van der Waals surface area contributed by atoms with Crippen LogP contribution in [0.4, 0.5) is 0 Å². The Morgan fingerprint density at radius 2 is 2.22 bits per heavy atom. The summed E-state index contributed by atoms with van der Waals surface area (Å²) in [7, 11) is 0. The number of piperidine rings is 1. The zero-order chi connectivity index (χ0) is 13.2. The molecule has 4 heteroatoms. The molecule has 1 atom stereocenters. The van der Waals surface area contributed by atoms with Gasteiger partial charge >= 0.3 is 0 Å². The Labute approximate surface area is 114 Å². The second-order valence-corrected chi connectivity index (χ2v) is 7.34. The lowest BCUT2D eigenvalue weighted by atomic mass is 9.96. The van der Waals surface area contributed by atoms with Crippen LogP contribution in [0.5, 0.6) is 0 Å². The van der Waals surface area contributed by atoms with E-state index < -0.39 is 0 Å². The third-order valence-corrected chi connectivity index (χ3v) is 5.06. The Hall–Kier alpha value is -0.450. The highest BCUT2D eigenvalue weighted by molar-refractivity contribution is 7.11. The number of thiazole rings is 1. The first-order valence-corrected chi connectivity index (χ1v) is 7.71. The molecule has 0 aliphatic carbocycles. The fraction of sp³-hybridized carbons (Fsp3) is 0.786. The summed E-state index contributed by atoms with van der Waals surface area (Å²) in [6.07, 6.45) is 5.91. The number of nitrogens with zero attached hydrogens (tertiary/aromatic N) is 2. The summed E-state index contributed by atoms with van der Waals surface area (Å²) < 4.78 is 0. The lowest BCUT2D eigenvalue weighted by molar-refractivity contribution is 0.144. The van der Waals surface area contributed by atoms with Gasteiger partial charge in [0.05, 0.1) is 6.54 Å². The molecule has 0 spiro atoms. The van der Waals surface area contributed by atoms with E-state index in [2.05, 4.69) is 30.7 Å². The van der Waals surface area contributed by atoms with E-state index in [0.717, 1.165) is 13.1 Å². The summed E-state index contributed by atoms with van der Waals surface area (Å²) in [5.41, 5.74) is 6.08. The van der Waals surface area contributed by atoms with Crippen molar-refractivity contribution in [3.63, 3.8) is 0 Å². The Kier molecular flexibility index (Phi) is 4.41. The molecule has 0 amide bonds. The summed E-state index contributed by atoms with van der Waals surface area (Å²) in [5, 5.41) is 1.24. The predicted molar refractivity (Wildman–Crippen MR) is 77.9 cm³/mol. The molecule has 0 radical (unpaired) electrons. The Morgan fingerprint density at radius 1 is 1.44 bits per heavy atom. The number of hydrogen-bond acceptors (Lipinski definition) is 4. The molecular weight excluding hydrogens is 242 g/mol. The van der Waals surface area contributed by atoms with Crippen LogP contribution in [0, 0.1) is 0 Å². The van der Waals surface area contributed by atoms with E-state index in [1.165, 1.54) is 35.7 Å². The van der Waals surface area contributed by atoms with E-state index in [0.29, 0.717) is 6.04 Å². The maximum atomic E-state index is 5.86. The van der Waals surface area contributed by atoms with Gasteiger partial charge in [0, 0.05) is 23.7 Å². The molecule has 0 aromatic carbocycles. The first kappa shape index (κ1) is 14.0. The SMILES string of the molecule is CC(C)(C)c1cnc(CN2CCCCC2CN)s1. The van der Waals surface area contributed by atoms with Gasteiger partial charge in [-0.25, -0.2) is 4.98 Å². The minimum absolute atomic E-state index is 0.213. The van der Waals surface area contributed by atoms with Crippen LogP contribution >= 0.6 is 11.3 Å². The molecule has 2 heterocycles. The van der Waals surface area contributed by atoms with Crippen LogP contribution < -0.4 is 5.73 Å². The van der Waals surface area contributed by atoms with E-state index in [1.807, 2.05) is 17.5 Å². The third-order valence-electron chi connectivity index (χ3n) is 3.65. The van der Waals surface area contributed by atoms with Gasteiger partial charge in [-0.1, -0.05) is 27.2 Å². The summed E-state index contributed by atoms with van der Waals surface area (Å²) in [4.78, 5) is 8.46. The molecule has 1 aromatic heterocycles. The van der Waals surface area contributed by atoms with Crippen LogP contribution in [0.1, 0.15) is 49.9 Å². The van der Waals surface area contributed by atoms with Gasteiger partial charge in [0.25, 0.3) is 0 Å². The molecule has 1 fully saturated rings. The molecule has 1 aromatic rings. The Bertz CT molecular complexity index is 381. The van der Waals surface area contributed by atoms with Crippen molar-refractivity contribution in [2.24, 2.45) is 5.73 Å². The van der Waals surface area contributed by atoms with Crippen LogP contribution in [0.15, 0.2) is 6.20 Å². The van der Waals surface area contributed by atoms with Gasteiger partial charge in [0.2, 0.25) is 0 Å². The largest absolute Gasteiger partial charge is 0.329 e. The molecule has 18 heavy (non-hydrogen) atoms. The molecule has 1 unspecified atom stereocenters. The van der Waals surface area contributed by atoms with Crippen molar-refractivity contribution in [2.75, 3.05) is 13.1 Å². The number of hydrogen-bond donors (Lipinski definition) is 1. The number of likely N-dealkylation sites (tertiary alicyclic amines) is 1. The zero-order valence-corrected chi connectivity index (χ0v) is 12.6. The molecule has 1 aliphatic heterocycles. The monoisotopic (exact) mass is 267 g/mol. The average molecular weight is 267 g/mol. The first-order chi connectivity index (χ1) is 8.50. The minimum atomic E-state index is 0.213. The fourth-order valence-corrected chi connectivity index (χ4v) is 3.44. The van der Waals surface area contributed by atoms with Gasteiger partial charge in [-0.2, -0.15) is 0 Å². The molecule has 102 valence electrons. The van der Waals surface area contributed by atoms with E-state index in [9.17, 15) is 0 Å². The van der Waals surface area contributed by atoms with Crippen molar-refractivity contribution in [2.45, 2.75) is 58.0 Å². The van der Waals surface area contributed by atoms with Gasteiger partial charge in [0.1, 0.15) is 5.01 Å². The second-order valence-electron chi connectivity index (χ2n) is 6.22. The van der Waals surface area contributed by atoms with Gasteiger partial charge < -0.3 is 5.73 Å². The van der Waals surface area contributed by atoms with Crippen molar-refractivity contribution in [1.82, 2.24) is 9.88 Å². The normalized spacial score (nSPS) is 22.3. The maximum absolute atomic E-state index is 5.86. The van der Waals surface area contributed by atoms with Crippen molar-refractivity contribution < 1.29 is 0 Å². The standard InChI is InChI=1S/C14H25N3S/c1-14(2,3)12-9-16-13(18-12)10-17-7-5-4-6-11(17)8-15/h9,11H,4-8,10,15H2,1-3H3. The highest BCUT2D eigenvalue weighted by atomic mass is 32.1. The summed E-state index contributed by atoms with van der Waals surface area (Å²) in [5.74, 6) is 0. The number of aromatic nitrogens is 1. The average Bonchev–Trinajstić information content (AvgIpc) is 2.78. The fourth-order valence-electron chi connectivity index (χ4n) is 2.44. The van der Waals surface area contributed by atoms with Crippen LogP contribution in [-0.4, -0.2) is 29.0 Å². The summed E-state index contributed by atoms with van der Waals surface area (Å²) in [6.45, 7) is 9.65. The molecule has 0 saturated carbocycles. The predicted octanol–water partition coefficient (Wildman–Crippen LogP) is 2.75. The van der Waals surface area contributed by atoms with E-state index >= 15 is 0 Å². The highest BCUT2D eigenvalue weighted by Crippen LogP contribution is 2.29. The molecule has 0 bridgehead atoms. The summed E-state index contributed by atoms with van der Waals surface area (Å²) >= 11 is 1.85. The van der Waals surface area contributed by atoms with Crippen molar-refractivity contribution in [3.8, 4) is 0 Å². The molecule has 2 N–H and O–H groups in total. The smallest absolute Gasteiger partial charge is 0.107 e. The van der Waals surface area contributed by atoms with Crippen LogP contribution in [-0.2, 0) is 12.0 Å². The van der Waals surface area contributed by atoms with Gasteiger partial charge in [0.15, 0.2) is 0 Å². The van der Waals surface area contributed by atoms with Crippen LogP contribution in [0.3, 0.4) is 0 Å². The van der Waals surface area contributed by atoms with E-state index in [1.54, 1.807) is 0 Å². The quantitative estimate of drug-likeness (QED) is 0.915. The van der Waals surface area contributed by atoms with Crippen molar-refractivity contribution in [3.05, 3.63) is 16.1 Å². The number of nitrogens with two attached hydrogens (primary N) is 1. The van der Waals surface area contributed by atoms with Crippen LogP contribution in [0.2, 0.25) is 0 Å². The van der Waals surface area contributed by atoms with Gasteiger partial charge in [-0.15, -0.1) is 11.3 Å². The summed E-state index contributed by atoms with van der Waals surface area (Å²) in [6, 6.07) is 0.556. The minimum Gasteiger partial charge on any atom is -0.329 e. The van der Waals surface area contributed by atoms with E-state index in [-0.39, 0.29) is 5.41 Å². The lowest BCUT2D eigenvalue weighted by Crippen LogP contribution is -2.43. The van der Waals surface area contributed by atoms with Gasteiger partial charge in [-0.3, -0.25) is 4.90 Å². The Morgan fingerprint density at radius 3 is 2.83 bits per heavy atom. The second kappa shape index (κ2) is 5.68. The first-order valence-electron chi connectivity index (χ1n) is 6.90.